The Balaban J connectivity index is 0. The molecule has 11 heavy (non-hydrogen) atoms. The third-order valence-electron chi connectivity index (χ3n) is 0.988. The molecule has 0 fully saturated rings. The molecule has 62 valence electrons. The summed E-state index contributed by atoms with van der Waals surface area (Å²) in [4.78, 5) is 10.0. The molecule has 0 rings (SSSR count). The molecule has 0 aliphatic rings. The predicted octanol–water partition coefficient (Wildman–Crippen LogP) is 2.40. The quantitative estimate of drug-likeness (QED) is 0.500. The van der Waals surface area contributed by atoms with Crippen molar-refractivity contribution >= 4 is 5.97 Å². The maximum atomic E-state index is 10.0. The van der Waals surface area contributed by atoms with Gasteiger partial charge in [-0.15, -0.1) is 13.2 Å². The molecule has 0 unspecified atom stereocenters. The normalized spacial score (nSPS) is 9.36. The molecule has 0 saturated heterocycles. The summed E-state index contributed by atoms with van der Waals surface area (Å²) in [5.74, 6) is -0.817. The third-order valence-corrected chi connectivity index (χ3v) is 0.988. The fourth-order valence-electron chi connectivity index (χ4n) is 0.467. The van der Waals surface area contributed by atoms with Crippen molar-refractivity contribution in [1.82, 2.24) is 0 Å². The first-order valence-corrected chi connectivity index (χ1v) is 3.20. The SMILES string of the molecule is C=C.C=C/C(=C\C)CC(=O)O. The molecule has 0 aromatic heterocycles. The van der Waals surface area contributed by atoms with Crippen LogP contribution in [0.2, 0.25) is 0 Å². The molecular weight excluding hydrogens is 140 g/mol. The predicted molar refractivity (Wildman–Crippen MR) is 47.5 cm³/mol. The highest BCUT2D eigenvalue weighted by Gasteiger charge is 1.96. The molecule has 0 bridgehead atoms. The Kier molecular flexibility index (Phi) is 9.78. The average Bonchev–Trinajstić information content (AvgIpc) is 2.03. The highest BCUT2D eigenvalue weighted by molar-refractivity contribution is 5.70. The number of aliphatic carboxylic acids is 1. The molecule has 0 radical (unpaired) electrons. The molecule has 0 aliphatic heterocycles. The lowest BCUT2D eigenvalue weighted by Crippen LogP contribution is -1.94. The Labute approximate surface area is 67.6 Å². The Morgan fingerprint density at radius 1 is 1.55 bits per heavy atom. The van der Waals surface area contributed by atoms with Gasteiger partial charge in [0, 0.05) is 0 Å². The summed E-state index contributed by atoms with van der Waals surface area (Å²) in [7, 11) is 0. The van der Waals surface area contributed by atoms with Gasteiger partial charge in [0.2, 0.25) is 0 Å². The summed E-state index contributed by atoms with van der Waals surface area (Å²) >= 11 is 0. The Morgan fingerprint density at radius 3 is 2.09 bits per heavy atom. The summed E-state index contributed by atoms with van der Waals surface area (Å²) in [6.45, 7) is 11.2. The van der Waals surface area contributed by atoms with E-state index in [-0.39, 0.29) is 6.42 Å². The van der Waals surface area contributed by atoms with Gasteiger partial charge in [-0.1, -0.05) is 18.7 Å². The standard InChI is InChI=1S/C7H10O2.C2H4/c1-3-6(4-2)5-7(8)9;1-2/h3-4H,1,5H2,2H3,(H,8,9);1-2H2/b6-4+;. The zero-order valence-electron chi connectivity index (χ0n) is 6.84. The van der Waals surface area contributed by atoms with E-state index in [1.807, 2.05) is 0 Å². The van der Waals surface area contributed by atoms with E-state index in [4.69, 9.17) is 5.11 Å². The van der Waals surface area contributed by atoms with Gasteiger partial charge in [0.25, 0.3) is 0 Å². The average molecular weight is 154 g/mol. The molecule has 0 aromatic carbocycles. The summed E-state index contributed by atoms with van der Waals surface area (Å²) in [5.41, 5.74) is 0.752. The van der Waals surface area contributed by atoms with E-state index in [1.165, 1.54) is 0 Å². The Morgan fingerprint density at radius 2 is 2.00 bits per heavy atom. The van der Waals surface area contributed by atoms with Gasteiger partial charge in [-0.25, -0.2) is 0 Å². The maximum Gasteiger partial charge on any atom is 0.307 e. The fourth-order valence-corrected chi connectivity index (χ4v) is 0.467. The first-order chi connectivity index (χ1) is 5.20. The van der Waals surface area contributed by atoms with Crippen molar-refractivity contribution in [2.24, 2.45) is 0 Å². The topological polar surface area (TPSA) is 37.3 Å². The number of carbonyl (C=O) groups is 1. The van der Waals surface area contributed by atoms with Gasteiger partial charge in [0.15, 0.2) is 0 Å². The van der Waals surface area contributed by atoms with Crippen LogP contribution in [0.3, 0.4) is 0 Å². The van der Waals surface area contributed by atoms with E-state index in [0.717, 1.165) is 5.57 Å². The van der Waals surface area contributed by atoms with Gasteiger partial charge in [-0.2, -0.15) is 0 Å². The highest BCUT2D eigenvalue weighted by atomic mass is 16.4. The van der Waals surface area contributed by atoms with Crippen LogP contribution in [-0.4, -0.2) is 11.1 Å². The first-order valence-electron chi connectivity index (χ1n) is 3.20. The molecule has 0 amide bonds. The lowest BCUT2D eigenvalue weighted by Gasteiger charge is -1.92. The van der Waals surface area contributed by atoms with Crippen molar-refractivity contribution in [1.29, 1.82) is 0 Å². The van der Waals surface area contributed by atoms with Gasteiger partial charge < -0.3 is 5.11 Å². The summed E-state index contributed by atoms with van der Waals surface area (Å²) in [6.07, 6.45) is 3.36. The number of carboxylic acid groups (broad SMARTS) is 1. The molecule has 2 heteroatoms. The van der Waals surface area contributed by atoms with E-state index < -0.39 is 5.97 Å². The summed E-state index contributed by atoms with van der Waals surface area (Å²) in [6, 6.07) is 0. The van der Waals surface area contributed by atoms with Crippen LogP contribution in [0.1, 0.15) is 13.3 Å². The third kappa shape index (κ3) is 8.69. The lowest BCUT2D eigenvalue weighted by atomic mass is 10.2. The minimum atomic E-state index is -0.817. The second-order valence-corrected chi connectivity index (χ2v) is 1.64. The van der Waals surface area contributed by atoms with E-state index in [1.54, 1.807) is 19.1 Å². The molecule has 1 N–H and O–H groups in total. The van der Waals surface area contributed by atoms with Crippen molar-refractivity contribution in [3.63, 3.8) is 0 Å². The first kappa shape index (κ1) is 12.4. The van der Waals surface area contributed by atoms with Crippen molar-refractivity contribution in [3.8, 4) is 0 Å². The minimum Gasteiger partial charge on any atom is -0.481 e. The van der Waals surface area contributed by atoms with Crippen LogP contribution in [0.15, 0.2) is 37.5 Å². The number of hydrogen-bond donors (Lipinski definition) is 1. The molecule has 0 spiro atoms. The van der Waals surface area contributed by atoms with Crippen molar-refractivity contribution in [2.75, 3.05) is 0 Å². The zero-order chi connectivity index (χ0) is 9.28. The number of carboxylic acids is 1. The van der Waals surface area contributed by atoms with Crippen LogP contribution in [0.5, 0.6) is 0 Å². The van der Waals surface area contributed by atoms with E-state index >= 15 is 0 Å². The van der Waals surface area contributed by atoms with Gasteiger partial charge in [-0.05, 0) is 12.5 Å². The maximum absolute atomic E-state index is 10.0. The number of rotatable bonds is 3. The smallest absolute Gasteiger partial charge is 0.307 e. The molecule has 0 aromatic rings. The second kappa shape index (κ2) is 8.69. The van der Waals surface area contributed by atoms with Crippen molar-refractivity contribution < 1.29 is 9.90 Å². The van der Waals surface area contributed by atoms with Crippen LogP contribution in [-0.2, 0) is 4.79 Å². The van der Waals surface area contributed by atoms with Gasteiger partial charge in [0.1, 0.15) is 0 Å². The largest absolute Gasteiger partial charge is 0.481 e. The zero-order valence-corrected chi connectivity index (χ0v) is 6.84. The minimum absolute atomic E-state index is 0.0694. The monoisotopic (exact) mass is 154 g/mol. The van der Waals surface area contributed by atoms with Crippen LogP contribution in [0, 0.1) is 0 Å². The highest BCUT2D eigenvalue weighted by Crippen LogP contribution is 2.00. The fraction of sp³-hybridized carbons (Fsp3) is 0.222. The second-order valence-electron chi connectivity index (χ2n) is 1.64. The van der Waals surface area contributed by atoms with E-state index in [0.29, 0.717) is 0 Å². The molecular formula is C9H14O2. The summed E-state index contributed by atoms with van der Waals surface area (Å²) < 4.78 is 0. The van der Waals surface area contributed by atoms with Crippen LogP contribution >= 0.6 is 0 Å². The van der Waals surface area contributed by atoms with Crippen molar-refractivity contribution in [3.05, 3.63) is 37.5 Å². The van der Waals surface area contributed by atoms with Gasteiger partial charge in [0.05, 0.1) is 6.42 Å². The van der Waals surface area contributed by atoms with Gasteiger partial charge in [-0.3, -0.25) is 4.79 Å². The van der Waals surface area contributed by atoms with Crippen LogP contribution in [0.4, 0.5) is 0 Å². The van der Waals surface area contributed by atoms with Crippen LogP contribution in [0.25, 0.3) is 0 Å². The van der Waals surface area contributed by atoms with Gasteiger partial charge >= 0.3 is 5.97 Å². The number of allylic oxidation sites excluding steroid dienone is 2. The molecule has 2 nitrogen and oxygen atoms in total. The van der Waals surface area contributed by atoms with Crippen molar-refractivity contribution in [2.45, 2.75) is 13.3 Å². The molecule has 0 saturated carbocycles. The van der Waals surface area contributed by atoms with Crippen LogP contribution < -0.4 is 0 Å². The Bertz CT molecular complexity index is 157. The summed E-state index contributed by atoms with van der Waals surface area (Å²) in [5, 5.41) is 8.26. The molecule has 0 atom stereocenters. The molecule has 0 aliphatic carbocycles. The molecule has 0 heterocycles. The lowest BCUT2D eigenvalue weighted by molar-refractivity contribution is -0.136. The Hall–Kier alpha value is -1.31. The number of hydrogen-bond acceptors (Lipinski definition) is 1. The van der Waals surface area contributed by atoms with E-state index in [9.17, 15) is 4.79 Å². The van der Waals surface area contributed by atoms with E-state index in [2.05, 4.69) is 19.7 Å².